The van der Waals surface area contributed by atoms with E-state index in [1.54, 1.807) is 0 Å². The second-order valence-corrected chi connectivity index (χ2v) is 6.82. The molecule has 1 aromatic heterocycles. The van der Waals surface area contributed by atoms with E-state index in [-0.39, 0.29) is 12.0 Å². The molecule has 1 aromatic carbocycles. The summed E-state index contributed by atoms with van der Waals surface area (Å²) in [6.45, 7) is 8.95. The number of rotatable bonds is 9. The minimum absolute atomic E-state index is 0.0138. The van der Waals surface area contributed by atoms with Gasteiger partial charge in [0.1, 0.15) is 0 Å². The van der Waals surface area contributed by atoms with Crippen molar-refractivity contribution in [2.45, 2.75) is 52.2 Å². The van der Waals surface area contributed by atoms with Crippen LogP contribution >= 0.6 is 0 Å². The maximum absolute atomic E-state index is 12.4. The minimum Gasteiger partial charge on any atom is -0.378 e. The number of anilines is 1. The van der Waals surface area contributed by atoms with Crippen LogP contribution in [0.4, 0.5) is 5.95 Å². The highest BCUT2D eigenvalue weighted by Gasteiger charge is 2.18. The van der Waals surface area contributed by atoms with Crippen LogP contribution in [0.5, 0.6) is 0 Å². The van der Waals surface area contributed by atoms with Crippen molar-refractivity contribution in [3.05, 3.63) is 24.3 Å². The van der Waals surface area contributed by atoms with Crippen molar-refractivity contribution in [2.75, 3.05) is 31.6 Å². The molecule has 6 nitrogen and oxygen atoms in total. The van der Waals surface area contributed by atoms with E-state index in [4.69, 9.17) is 4.74 Å². The zero-order valence-electron chi connectivity index (χ0n) is 15.9. The first-order valence-electron chi connectivity index (χ1n) is 9.80. The molecule has 0 spiro atoms. The molecule has 0 unspecified atom stereocenters. The van der Waals surface area contributed by atoms with E-state index >= 15 is 0 Å². The Kier molecular flexibility index (Phi) is 6.63. The minimum atomic E-state index is 0.0138. The first kappa shape index (κ1) is 18.9. The number of benzene rings is 1. The first-order valence-corrected chi connectivity index (χ1v) is 9.80. The molecule has 2 aromatic rings. The molecule has 1 aliphatic rings. The molecule has 26 heavy (non-hydrogen) atoms. The Hall–Kier alpha value is -1.92. The summed E-state index contributed by atoms with van der Waals surface area (Å²) in [6, 6.07) is 8.05. The van der Waals surface area contributed by atoms with Gasteiger partial charge in [-0.05, 0) is 44.5 Å². The number of amides is 1. The Labute approximate surface area is 155 Å². The molecule has 0 saturated carbocycles. The van der Waals surface area contributed by atoms with Crippen molar-refractivity contribution in [1.29, 1.82) is 0 Å². The Bertz CT molecular complexity index is 718. The van der Waals surface area contributed by atoms with Crippen LogP contribution in [0, 0.1) is 0 Å². The molecule has 142 valence electrons. The Balaban J connectivity index is 1.69. The van der Waals surface area contributed by atoms with Gasteiger partial charge in [0, 0.05) is 26.1 Å². The van der Waals surface area contributed by atoms with Crippen LogP contribution in [-0.4, -0.2) is 52.7 Å². The molecule has 1 amide bonds. The van der Waals surface area contributed by atoms with Crippen LogP contribution < -0.4 is 5.32 Å². The molecule has 0 bridgehead atoms. The number of ether oxygens (including phenoxy) is 1. The standard InChI is InChI=1S/C20H30N4O2/c1-3-23(4-2)13-14-24-18-10-6-5-9-17(18)21-20(24)22-19(25)12-11-16-8-7-15-26-16/h5-6,9-10,16H,3-4,7-8,11-15H2,1-2H3,(H,21,22,25)/t16-/m1/s1. The van der Waals surface area contributed by atoms with Crippen molar-refractivity contribution >= 4 is 22.9 Å². The molecule has 1 fully saturated rings. The largest absolute Gasteiger partial charge is 0.378 e. The van der Waals surface area contributed by atoms with Gasteiger partial charge in [0.05, 0.1) is 17.1 Å². The van der Waals surface area contributed by atoms with Crippen LogP contribution in [0.15, 0.2) is 24.3 Å². The molecule has 0 radical (unpaired) electrons. The zero-order chi connectivity index (χ0) is 18.4. The average molecular weight is 358 g/mol. The number of carbonyl (C=O) groups excluding carboxylic acids is 1. The quantitative estimate of drug-likeness (QED) is 0.747. The number of imidazole rings is 1. The zero-order valence-corrected chi connectivity index (χ0v) is 15.9. The Morgan fingerprint density at radius 1 is 1.35 bits per heavy atom. The highest BCUT2D eigenvalue weighted by atomic mass is 16.5. The van der Waals surface area contributed by atoms with Gasteiger partial charge in [-0.25, -0.2) is 4.98 Å². The van der Waals surface area contributed by atoms with E-state index in [2.05, 4.69) is 39.7 Å². The first-order chi connectivity index (χ1) is 12.7. The molecule has 3 rings (SSSR count). The van der Waals surface area contributed by atoms with E-state index < -0.39 is 0 Å². The number of fused-ring (bicyclic) bond motifs is 1. The number of likely N-dealkylation sites (N-methyl/N-ethyl adjacent to an activating group) is 1. The summed E-state index contributed by atoms with van der Waals surface area (Å²) in [5.41, 5.74) is 1.98. The molecular formula is C20H30N4O2. The van der Waals surface area contributed by atoms with Gasteiger partial charge < -0.3 is 14.2 Å². The summed E-state index contributed by atoms with van der Waals surface area (Å²) in [7, 11) is 0. The average Bonchev–Trinajstić information content (AvgIpc) is 3.29. The highest BCUT2D eigenvalue weighted by Crippen LogP contribution is 2.21. The maximum atomic E-state index is 12.4. The fraction of sp³-hybridized carbons (Fsp3) is 0.600. The van der Waals surface area contributed by atoms with Crippen molar-refractivity contribution in [1.82, 2.24) is 14.5 Å². The van der Waals surface area contributed by atoms with Crippen molar-refractivity contribution < 1.29 is 9.53 Å². The predicted octanol–water partition coefficient (Wildman–Crippen LogP) is 3.28. The number of aromatic nitrogens is 2. The summed E-state index contributed by atoms with van der Waals surface area (Å²) in [4.78, 5) is 19.4. The molecule has 1 aliphatic heterocycles. The lowest BCUT2D eigenvalue weighted by Gasteiger charge is -2.19. The molecule has 2 heterocycles. The summed E-state index contributed by atoms with van der Waals surface area (Å²) < 4.78 is 7.73. The lowest BCUT2D eigenvalue weighted by Crippen LogP contribution is -2.27. The van der Waals surface area contributed by atoms with Gasteiger partial charge in [-0.3, -0.25) is 10.1 Å². The molecule has 1 atom stereocenters. The van der Waals surface area contributed by atoms with Crippen LogP contribution in [0.2, 0.25) is 0 Å². The van der Waals surface area contributed by atoms with Crippen molar-refractivity contribution in [2.24, 2.45) is 0 Å². The summed E-state index contributed by atoms with van der Waals surface area (Å²) >= 11 is 0. The van der Waals surface area contributed by atoms with Crippen molar-refractivity contribution in [3.8, 4) is 0 Å². The third-order valence-electron chi connectivity index (χ3n) is 5.16. The van der Waals surface area contributed by atoms with E-state index in [9.17, 15) is 4.79 Å². The fourth-order valence-electron chi connectivity index (χ4n) is 3.53. The number of nitrogens with one attached hydrogen (secondary N) is 1. The number of hydrogen-bond acceptors (Lipinski definition) is 4. The number of para-hydroxylation sites is 2. The Morgan fingerprint density at radius 3 is 2.88 bits per heavy atom. The fourth-order valence-corrected chi connectivity index (χ4v) is 3.53. The predicted molar refractivity (Wildman–Crippen MR) is 104 cm³/mol. The van der Waals surface area contributed by atoms with Crippen molar-refractivity contribution in [3.63, 3.8) is 0 Å². The normalized spacial score (nSPS) is 17.3. The van der Waals surface area contributed by atoms with E-state index in [0.717, 1.165) is 63.1 Å². The third kappa shape index (κ3) is 4.62. The van der Waals surface area contributed by atoms with Crippen LogP contribution in [0.1, 0.15) is 39.5 Å². The van der Waals surface area contributed by atoms with Gasteiger partial charge >= 0.3 is 0 Å². The lowest BCUT2D eigenvalue weighted by molar-refractivity contribution is -0.116. The van der Waals surface area contributed by atoms with Gasteiger partial charge in [0.15, 0.2) is 0 Å². The van der Waals surface area contributed by atoms with Crippen LogP contribution in [0.3, 0.4) is 0 Å². The molecular weight excluding hydrogens is 328 g/mol. The smallest absolute Gasteiger partial charge is 0.226 e. The number of carbonyl (C=O) groups is 1. The topological polar surface area (TPSA) is 59.4 Å². The van der Waals surface area contributed by atoms with Crippen LogP contribution in [0.25, 0.3) is 11.0 Å². The molecule has 1 N–H and O–H groups in total. The van der Waals surface area contributed by atoms with Gasteiger partial charge in [-0.2, -0.15) is 0 Å². The second kappa shape index (κ2) is 9.14. The molecule has 1 saturated heterocycles. The number of hydrogen-bond donors (Lipinski definition) is 1. The van der Waals surface area contributed by atoms with E-state index in [1.165, 1.54) is 0 Å². The third-order valence-corrected chi connectivity index (χ3v) is 5.16. The van der Waals surface area contributed by atoms with Gasteiger partial charge in [-0.1, -0.05) is 26.0 Å². The SMILES string of the molecule is CCN(CC)CCn1c(NC(=O)CC[C@H]2CCCO2)nc2ccccc21. The van der Waals surface area contributed by atoms with E-state index in [0.29, 0.717) is 12.4 Å². The maximum Gasteiger partial charge on any atom is 0.226 e. The summed E-state index contributed by atoms with van der Waals surface area (Å²) in [5.74, 6) is 0.663. The van der Waals surface area contributed by atoms with Crippen LogP contribution in [-0.2, 0) is 16.1 Å². The van der Waals surface area contributed by atoms with E-state index in [1.807, 2.05) is 18.2 Å². The summed E-state index contributed by atoms with van der Waals surface area (Å²) in [6.07, 6.45) is 3.67. The van der Waals surface area contributed by atoms with Gasteiger partial charge in [0.2, 0.25) is 11.9 Å². The number of nitrogens with zero attached hydrogens (tertiary/aromatic N) is 3. The second-order valence-electron chi connectivity index (χ2n) is 6.82. The van der Waals surface area contributed by atoms with Gasteiger partial charge in [0.25, 0.3) is 0 Å². The van der Waals surface area contributed by atoms with Gasteiger partial charge in [-0.15, -0.1) is 0 Å². The Morgan fingerprint density at radius 2 is 2.15 bits per heavy atom. The monoisotopic (exact) mass is 358 g/mol. The summed E-state index contributed by atoms with van der Waals surface area (Å²) in [5, 5.41) is 3.02. The lowest BCUT2D eigenvalue weighted by atomic mass is 10.1. The molecule has 0 aliphatic carbocycles. The molecule has 6 heteroatoms. The highest BCUT2D eigenvalue weighted by molar-refractivity contribution is 5.91.